The number of nitrogens with one attached hydrogen (secondary N) is 1. The highest BCUT2D eigenvalue weighted by Crippen LogP contribution is 2.21. The molecule has 34 heavy (non-hydrogen) atoms. The van der Waals surface area contributed by atoms with Crippen LogP contribution in [0.15, 0.2) is 87.5 Å². The van der Waals surface area contributed by atoms with E-state index in [1.165, 1.54) is 29.7 Å². The summed E-state index contributed by atoms with van der Waals surface area (Å²) in [5.41, 5.74) is 0.986. The number of aryl methyl sites for hydroxylation is 1. The fourth-order valence-electron chi connectivity index (χ4n) is 3.54. The number of aromatic nitrogens is 2. The standard InChI is InChI=1S/C25H21N3O5S/c1-16-11-12-21-24(31)22(34(32,33)20-9-4-3-5-10-20)14-28(25(21)26-16)15-23(30)27-19-8-6-7-18(13-19)17(2)29/h3-14H,15H2,1-2H3,(H,27,30). The summed E-state index contributed by atoms with van der Waals surface area (Å²) in [5, 5.41) is 2.79. The van der Waals surface area contributed by atoms with Gasteiger partial charge in [0.15, 0.2) is 5.78 Å². The Kier molecular flexibility index (Phi) is 6.12. The topological polar surface area (TPSA) is 115 Å². The molecule has 0 atom stereocenters. The average Bonchev–Trinajstić information content (AvgIpc) is 2.81. The van der Waals surface area contributed by atoms with Crippen molar-refractivity contribution in [3.05, 3.63) is 94.4 Å². The Balaban J connectivity index is 1.79. The molecule has 0 saturated heterocycles. The lowest BCUT2D eigenvalue weighted by atomic mass is 10.1. The maximum atomic E-state index is 13.2. The molecule has 9 heteroatoms. The van der Waals surface area contributed by atoms with Gasteiger partial charge >= 0.3 is 0 Å². The van der Waals surface area contributed by atoms with Crippen LogP contribution in [-0.2, 0) is 21.2 Å². The van der Waals surface area contributed by atoms with Crippen molar-refractivity contribution in [1.82, 2.24) is 9.55 Å². The fourth-order valence-corrected chi connectivity index (χ4v) is 4.93. The normalized spacial score (nSPS) is 11.4. The van der Waals surface area contributed by atoms with Gasteiger partial charge in [-0.25, -0.2) is 13.4 Å². The molecule has 0 aliphatic rings. The van der Waals surface area contributed by atoms with Gasteiger partial charge in [0, 0.05) is 23.1 Å². The molecule has 2 heterocycles. The number of anilines is 1. The van der Waals surface area contributed by atoms with E-state index < -0.39 is 26.1 Å². The van der Waals surface area contributed by atoms with Gasteiger partial charge in [-0.2, -0.15) is 0 Å². The third-order valence-electron chi connectivity index (χ3n) is 5.24. The molecule has 0 saturated carbocycles. The molecule has 0 bridgehead atoms. The summed E-state index contributed by atoms with van der Waals surface area (Å²) >= 11 is 0. The van der Waals surface area contributed by atoms with Gasteiger partial charge < -0.3 is 9.88 Å². The molecule has 1 amide bonds. The Morgan fingerprint density at radius 2 is 1.74 bits per heavy atom. The van der Waals surface area contributed by atoms with Gasteiger partial charge in [-0.1, -0.05) is 30.3 Å². The summed E-state index contributed by atoms with van der Waals surface area (Å²) in [6.45, 7) is 2.86. The second-order valence-corrected chi connectivity index (χ2v) is 9.69. The van der Waals surface area contributed by atoms with Crippen molar-refractivity contribution in [3.63, 3.8) is 0 Å². The van der Waals surface area contributed by atoms with E-state index in [1.54, 1.807) is 55.5 Å². The van der Waals surface area contributed by atoms with Crippen LogP contribution in [0.25, 0.3) is 11.0 Å². The summed E-state index contributed by atoms with van der Waals surface area (Å²) < 4.78 is 27.8. The minimum atomic E-state index is -4.13. The maximum Gasteiger partial charge on any atom is 0.244 e. The second kappa shape index (κ2) is 9.03. The Morgan fingerprint density at radius 1 is 1.00 bits per heavy atom. The lowest BCUT2D eigenvalue weighted by Crippen LogP contribution is -2.24. The van der Waals surface area contributed by atoms with Crippen LogP contribution >= 0.6 is 0 Å². The monoisotopic (exact) mass is 475 g/mol. The number of nitrogens with zero attached hydrogens (tertiary/aromatic N) is 2. The quantitative estimate of drug-likeness (QED) is 0.428. The lowest BCUT2D eigenvalue weighted by molar-refractivity contribution is -0.116. The minimum Gasteiger partial charge on any atom is -0.325 e. The molecule has 0 radical (unpaired) electrons. The first kappa shape index (κ1) is 23.1. The van der Waals surface area contributed by atoms with Crippen LogP contribution < -0.4 is 10.7 Å². The van der Waals surface area contributed by atoms with Crippen molar-refractivity contribution in [2.24, 2.45) is 0 Å². The molecular formula is C25H21N3O5S. The summed E-state index contributed by atoms with van der Waals surface area (Å²) in [7, 11) is -4.13. The first-order valence-corrected chi connectivity index (χ1v) is 11.9. The predicted octanol–water partition coefficient (Wildman–Crippen LogP) is 3.38. The minimum absolute atomic E-state index is 0.0245. The number of rotatable bonds is 6. The Hall–Kier alpha value is -4.11. The molecule has 0 aliphatic carbocycles. The van der Waals surface area contributed by atoms with Crippen LogP contribution in [0.3, 0.4) is 0 Å². The number of carbonyl (C=O) groups is 2. The molecule has 0 fully saturated rings. The zero-order chi connectivity index (χ0) is 24.5. The van der Waals surface area contributed by atoms with Crippen molar-refractivity contribution >= 4 is 38.2 Å². The summed E-state index contributed by atoms with van der Waals surface area (Å²) in [4.78, 5) is 41.5. The number of ketones is 1. The first-order valence-electron chi connectivity index (χ1n) is 10.4. The van der Waals surface area contributed by atoms with Crippen molar-refractivity contribution in [3.8, 4) is 0 Å². The van der Waals surface area contributed by atoms with Gasteiger partial charge in [0.05, 0.1) is 10.3 Å². The third kappa shape index (κ3) is 4.51. The second-order valence-electron chi connectivity index (χ2n) is 7.78. The van der Waals surface area contributed by atoms with E-state index in [-0.39, 0.29) is 28.3 Å². The highest BCUT2D eigenvalue weighted by Gasteiger charge is 2.24. The summed E-state index contributed by atoms with van der Waals surface area (Å²) in [5.74, 6) is -0.616. The summed E-state index contributed by atoms with van der Waals surface area (Å²) in [6.07, 6.45) is 1.16. The zero-order valence-electron chi connectivity index (χ0n) is 18.5. The van der Waals surface area contributed by atoms with E-state index in [0.29, 0.717) is 16.9 Å². The molecular weight excluding hydrogens is 454 g/mol. The molecule has 2 aromatic carbocycles. The van der Waals surface area contributed by atoms with Gasteiger partial charge in [-0.05, 0) is 50.2 Å². The molecule has 0 unspecified atom stereocenters. The molecule has 4 aromatic rings. The predicted molar refractivity (Wildman–Crippen MR) is 128 cm³/mol. The number of benzene rings is 2. The number of pyridine rings is 2. The highest BCUT2D eigenvalue weighted by atomic mass is 32.2. The Labute approximate surface area is 195 Å². The van der Waals surface area contributed by atoms with Gasteiger partial charge in [0.25, 0.3) is 0 Å². The molecule has 2 aromatic heterocycles. The SMILES string of the molecule is CC(=O)c1cccc(NC(=O)Cn2cc(S(=O)(=O)c3ccccc3)c(=O)c3ccc(C)nc32)c1. The number of hydrogen-bond acceptors (Lipinski definition) is 6. The van der Waals surface area contributed by atoms with E-state index in [1.807, 2.05) is 0 Å². The third-order valence-corrected chi connectivity index (χ3v) is 7.00. The van der Waals surface area contributed by atoms with Gasteiger partial charge in [0.2, 0.25) is 21.2 Å². The zero-order valence-corrected chi connectivity index (χ0v) is 19.3. The van der Waals surface area contributed by atoms with Crippen LogP contribution in [-0.4, -0.2) is 29.7 Å². The number of sulfone groups is 1. The van der Waals surface area contributed by atoms with E-state index in [9.17, 15) is 22.8 Å². The van der Waals surface area contributed by atoms with E-state index in [2.05, 4.69) is 10.3 Å². The van der Waals surface area contributed by atoms with Gasteiger partial charge in [-0.3, -0.25) is 14.4 Å². The van der Waals surface area contributed by atoms with Crippen LogP contribution in [0.1, 0.15) is 23.0 Å². The largest absolute Gasteiger partial charge is 0.325 e. The molecule has 0 spiro atoms. The van der Waals surface area contributed by atoms with Crippen molar-refractivity contribution < 1.29 is 18.0 Å². The van der Waals surface area contributed by atoms with Crippen molar-refractivity contribution in [1.29, 1.82) is 0 Å². The lowest BCUT2D eigenvalue weighted by Gasteiger charge is -2.14. The van der Waals surface area contributed by atoms with Crippen molar-refractivity contribution in [2.45, 2.75) is 30.2 Å². The van der Waals surface area contributed by atoms with E-state index in [4.69, 9.17) is 0 Å². The molecule has 172 valence electrons. The molecule has 0 aliphatic heterocycles. The summed E-state index contributed by atoms with van der Waals surface area (Å²) in [6, 6.07) is 17.2. The number of carbonyl (C=O) groups excluding carboxylic acids is 2. The van der Waals surface area contributed by atoms with Gasteiger partial charge in [0.1, 0.15) is 17.1 Å². The number of amides is 1. The number of Topliss-reactive ketones (excluding diaryl/α,β-unsaturated/α-hetero) is 1. The van der Waals surface area contributed by atoms with Crippen molar-refractivity contribution in [2.75, 3.05) is 5.32 Å². The average molecular weight is 476 g/mol. The Bertz CT molecular complexity index is 1590. The van der Waals surface area contributed by atoms with Crippen LogP contribution in [0.4, 0.5) is 5.69 Å². The van der Waals surface area contributed by atoms with E-state index in [0.717, 1.165) is 6.20 Å². The smallest absolute Gasteiger partial charge is 0.244 e. The van der Waals surface area contributed by atoms with Crippen LogP contribution in [0.2, 0.25) is 0 Å². The van der Waals surface area contributed by atoms with Crippen LogP contribution in [0.5, 0.6) is 0 Å². The molecule has 8 nitrogen and oxygen atoms in total. The molecule has 1 N–H and O–H groups in total. The van der Waals surface area contributed by atoms with Crippen LogP contribution in [0, 0.1) is 6.92 Å². The number of fused-ring (bicyclic) bond motifs is 1. The Morgan fingerprint density at radius 3 is 2.44 bits per heavy atom. The fraction of sp³-hybridized carbons (Fsp3) is 0.120. The first-order chi connectivity index (χ1) is 16.2. The molecule has 4 rings (SSSR count). The number of hydrogen-bond donors (Lipinski definition) is 1. The van der Waals surface area contributed by atoms with Gasteiger partial charge in [-0.15, -0.1) is 0 Å². The maximum absolute atomic E-state index is 13.2. The van der Waals surface area contributed by atoms with E-state index >= 15 is 0 Å². The highest BCUT2D eigenvalue weighted by molar-refractivity contribution is 7.91.